The summed E-state index contributed by atoms with van der Waals surface area (Å²) in [6.07, 6.45) is 1.06. The van der Waals surface area contributed by atoms with Crippen LogP contribution in [0.3, 0.4) is 0 Å². The fourth-order valence-electron chi connectivity index (χ4n) is 5.32. The lowest BCUT2D eigenvalue weighted by Crippen LogP contribution is -2.50. The minimum absolute atomic E-state index is 0.0845. The minimum Gasteiger partial charge on any atom is -0.490 e. The molecule has 182 valence electrons. The maximum atomic E-state index is 13.3. The number of carbonyl (C=O) groups is 1. The number of hydrogen-bond acceptors (Lipinski definition) is 5. The second kappa shape index (κ2) is 9.63. The van der Waals surface area contributed by atoms with Gasteiger partial charge < -0.3 is 14.2 Å². The van der Waals surface area contributed by atoms with E-state index in [4.69, 9.17) is 9.26 Å². The first-order valence-corrected chi connectivity index (χ1v) is 12.6. The molecule has 6 heteroatoms. The molecule has 0 N–H and O–H groups in total. The lowest BCUT2D eigenvalue weighted by Gasteiger charge is -2.39. The standard InChI is InChI=1S/C30H29N3O3/c1-21-18-25-19-24(12-13-27(25)35-21)28-20-26(31-36-28)30(34)33-16-14-32(15-17-33)29(22-8-4-2-5-9-22)23-10-6-3-7-11-23/h2-13,19-21,29H,14-18H2,1H3/t21-/m0/s1. The van der Waals surface area contributed by atoms with E-state index in [1.807, 2.05) is 29.2 Å². The predicted octanol–water partition coefficient (Wildman–Crippen LogP) is 5.21. The van der Waals surface area contributed by atoms with Crippen LogP contribution < -0.4 is 4.74 Å². The van der Waals surface area contributed by atoms with Gasteiger partial charge in [-0.3, -0.25) is 9.69 Å². The van der Waals surface area contributed by atoms with Gasteiger partial charge in [0.1, 0.15) is 11.9 Å². The lowest BCUT2D eigenvalue weighted by molar-refractivity contribution is 0.0588. The van der Waals surface area contributed by atoms with Gasteiger partial charge in [-0.25, -0.2) is 0 Å². The molecule has 2 aliphatic rings. The van der Waals surface area contributed by atoms with Crippen molar-refractivity contribution < 1.29 is 14.1 Å². The third kappa shape index (κ3) is 4.40. The molecule has 36 heavy (non-hydrogen) atoms. The number of fused-ring (bicyclic) bond motifs is 1. The fourth-order valence-corrected chi connectivity index (χ4v) is 5.32. The lowest BCUT2D eigenvalue weighted by atomic mass is 9.96. The zero-order chi connectivity index (χ0) is 24.5. The molecule has 0 saturated carbocycles. The van der Waals surface area contributed by atoms with E-state index in [2.05, 4.69) is 71.6 Å². The maximum Gasteiger partial charge on any atom is 0.276 e. The average Bonchev–Trinajstić information content (AvgIpc) is 3.56. The molecule has 6 nitrogen and oxygen atoms in total. The van der Waals surface area contributed by atoms with Gasteiger partial charge in [-0.15, -0.1) is 0 Å². The SMILES string of the molecule is C[C@H]1Cc2cc(-c3cc(C(=O)N4CCN(C(c5ccccc5)c5ccccc5)CC4)no3)ccc2O1. The molecule has 0 aliphatic carbocycles. The van der Waals surface area contributed by atoms with Crippen molar-refractivity contribution in [2.24, 2.45) is 0 Å². The highest BCUT2D eigenvalue weighted by molar-refractivity contribution is 5.93. The largest absolute Gasteiger partial charge is 0.490 e. The zero-order valence-electron chi connectivity index (χ0n) is 20.3. The molecule has 1 fully saturated rings. The number of hydrogen-bond donors (Lipinski definition) is 0. The summed E-state index contributed by atoms with van der Waals surface area (Å²) >= 11 is 0. The molecule has 4 aromatic rings. The Balaban J connectivity index is 1.15. The molecule has 0 bridgehead atoms. The Morgan fingerprint density at radius 1 is 0.889 bits per heavy atom. The van der Waals surface area contributed by atoms with E-state index in [1.165, 1.54) is 11.1 Å². The first kappa shape index (κ1) is 22.6. The first-order valence-electron chi connectivity index (χ1n) is 12.6. The summed E-state index contributed by atoms with van der Waals surface area (Å²) in [5.74, 6) is 1.44. The number of piperazine rings is 1. The van der Waals surface area contributed by atoms with E-state index in [-0.39, 0.29) is 18.1 Å². The van der Waals surface area contributed by atoms with E-state index in [0.29, 0.717) is 24.5 Å². The van der Waals surface area contributed by atoms with Gasteiger partial charge in [-0.05, 0) is 41.8 Å². The van der Waals surface area contributed by atoms with E-state index >= 15 is 0 Å². The third-order valence-corrected chi connectivity index (χ3v) is 7.11. The molecule has 0 radical (unpaired) electrons. The van der Waals surface area contributed by atoms with E-state index < -0.39 is 0 Å². The number of nitrogens with zero attached hydrogens (tertiary/aromatic N) is 3. The van der Waals surface area contributed by atoms with E-state index in [1.54, 1.807) is 6.07 Å². The van der Waals surface area contributed by atoms with Gasteiger partial charge in [0.25, 0.3) is 5.91 Å². The highest BCUT2D eigenvalue weighted by Gasteiger charge is 2.30. The molecule has 1 amide bonds. The summed E-state index contributed by atoms with van der Waals surface area (Å²) in [6.45, 7) is 4.92. The van der Waals surface area contributed by atoms with Crippen LogP contribution >= 0.6 is 0 Å². The van der Waals surface area contributed by atoms with Gasteiger partial charge in [0.05, 0.1) is 6.04 Å². The third-order valence-electron chi connectivity index (χ3n) is 7.11. The number of aromatic nitrogens is 1. The zero-order valence-corrected chi connectivity index (χ0v) is 20.3. The Hall–Kier alpha value is -3.90. The van der Waals surface area contributed by atoms with Crippen LogP contribution in [0.2, 0.25) is 0 Å². The Kier molecular flexibility index (Phi) is 6.03. The molecular formula is C30H29N3O3. The highest BCUT2D eigenvalue weighted by atomic mass is 16.5. The van der Waals surface area contributed by atoms with Crippen LogP contribution in [0.5, 0.6) is 5.75 Å². The number of rotatable bonds is 5. The van der Waals surface area contributed by atoms with Crippen molar-refractivity contribution in [3.63, 3.8) is 0 Å². The number of amides is 1. The molecule has 2 aliphatic heterocycles. The van der Waals surface area contributed by atoms with Crippen molar-refractivity contribution in [3.05, 3.63) is 107 Å². The highest BCUT2D eigenvalue weighted by Crippen LogP contribution is 2.33. The topological polar surface area (TPSA) is 58.8 Å². The van der Waals surface area contributed by atoms with Crippen LogP contribution in [0.25, 0.3) is 11.3 Å². The molecule has 6 rings (SSSR count). The molecule has 3 aromatic carbocycles. The van der Waals surface area contributed by atoms with E-state index in [0.717, 1.165) is 36.4 Å². The molecule has 1 atom stereocenters. The predicted molar refractivity (Wildman–Crippen MR) is 138 cm³/mol. The molecule has 3 heterocycles. The van der Waals surface area contributed by atoms with Crippen LogP contribution in [0, 0.1) is 0 Å². The molecule has 1 aromatic heterocycles. The second-order valence-electron chi connectivity index (χ2n) is 9.58. The second-order valence-corrected chi connectivity index (χ2v) is 9.58. The molecule has 0 unspecified atom stereocenters. The minimum atomic E-state index is -0.0845. The van der Waals surface area contributed by atoms with Crippen molar-refractivity contribution in [2.45, 2.75) is 25.5 Å². The summed E-state index contributed by atoms with van der Waals surface area (Å²) < 4.78 is 11.4. The quantitative estimate of drug-likeness (QED) is 0.393. The van der Waals surface area contributed by atoms with Gasteiger partial charge in [0, 0.05) is 44.2 Å². The van der Waals surface area contributed by atoms with Gasteiger partial charge >= 0.3 is 0 Å². The molecule has 1 saturated heterocycles. The van der Waals surface area contributed by atoms with Crippen LogP contribution in [0.15, 0.2) is 89.5 Å². The summed E-state index contributed by atoms with van der Waals surface area (Å²) in [7, 11) is 0. The summed E-state index contributed by atoms with van der Waals surface area (Å²) in [4.78, 5) is 17.6. The monoisotopic (exact) mass is 479 g/mol. The average molecular weight is 480 g/mol. The van der Waals surface area contributed by atoms with Crippen LogP contribution in [0.1, 0.15) is 40.1 Å². The maximum absolute atomic E-state index is 13.3. The summed E-state index contributed by atoms with van der Waals surface area (Å²) in [5, 5.41) is 4.11. The summed E-state index contributed by atoms with van der Waals surface area (Å²) in [6, 6.07) is 29.1. The van der Waals surface area contributed by atoms with Crippen molar-refractivity contribution in [2.75, 3.05) is 26.2 Å². The van der Waals surface area contributed by atoms with Crippen LogP contribution in [-0.2, 0) is 6.42 Å². The molecular weight excluding hydrogens is 450 g/mol. The van der Waals surface area contributed by atoms with Crippen LogP contribution in [0.4, 0.5) is 0 Å². The normalized spacial score (nSPS) is 17.7. The Morgan fingerprint density at radius 3 is 2.22 bits per heavy atom. The fraction of sp³-hybridized carbons (Fsp3) is 0.267. The Morgan fingerprint density at radius 2 is 1.56 bits per heavy atom. The van der Waals surface area contributed by atoms with Gasteiger partial charge in [-0.1, -0.05) is 65.8 Å². The Labute approximate surface area is 211 Å². The van der Waals surface area contributed by atoms with Gasteiger partial charge in [0.2, 0.25) is 0 Å². The molecule has 0 spiro atoms. The number of ether oxygens (including phenoxy) is 1. The van der Waals surface area contributed by atoms with Crippen molar-refractivity contribution in [1.29, 1.82) is 0 Å². The first-order chi connectivity index (χ1) is 17.7. The smallest absolute Gasteiger partial charge is 0.276 e. The van der Waals surface area contributed by atoms with Crippen molar-refractivity contribution in [3.8, 4) is 17.1 Å². The summed E-state index contributed by atoms with van der Waals surface area (Å²) in [5.41, 5.74) is 4.95. The van der Waals surface area contributed by atoms with Crippen molar-refractivity contribution in [1.82, 2.24) is 15.0 Å². The van der Waals surface area contributed by atoms with Gasteiger partial charge in [0.15, 0.2) is 11.5 Å². The number of carbonyl (C=O) groups excluding carboxylic acids is 1. The van der Waals surface area contributed by atoms with Gasteiger partial charge in [-0.2, -0.15) is 0 Å². The van der Waals surface area contributed by atoms with Crippen molar-refractivity contribution >= 4 is 5.91 Å². The Bertz CT molecular complexity index is 1300. The van der Waals surface area contributed by atoms with E-state index in [9.17, 15) is 4.79 Å². The number of benzene rings is 3. The van der Waals surface area contributed by atoms with Crippen LogP contribution in [-0.4, -0.2) is 53.1 Å².